The van der Waals surface area contributed by atoms with Gasteiger partial charge >= 0.3 is 6.09 Å². The highest BCUT2D eigenvalue weighted by Gasteiger charge is 2.32. The minimum atomic E-state index is -0.990. The molecule has 7 rings (SSSR count). The molecule has 3 aromatic carbocycles. The number of carbonyl (C=O) groups is 3. The lowest BCUT2D eigenvalue weighted by Gasteiger charge is -2.21. The molecule has 3 amide bonds. The summed E-state index contributed by atoms with van der Waals surface area (Å²) in [4.78, 5) is 50.7. The third-order valence-electron chi connectivity index (χ3n) is 9.68. The van der Waals surface area contributed by atoms with Gasteiger partial charge in [-0.1, -0.05) is 60.7 Å². The second kappa shape index (κ2) is 17.3. The first-order chi connectivity index (χ1) is 27.9. The van der Waals surface area contributed by atoms with Crippen molar-refractivity contribution >= 4 is 57.0 Å². The molecule has 5 N–H and O–H groups in total. The number of anilines is 1. The summed E-state index contributed by atoms with van der Waals surface area (Å²) in [6.07, 6.45) is -0.540. The summed E-state index contributed by atoms with van der Waals surface area (Å²) in [7, 11) is 1.49. The van der Waals surface area contributed by atoms with Gasteiger partial charge in [0, 0.05) is 46.3 Å². The molecule has 15 heteroatoms. The first-order valence-corrected chi connectivity index (χ1v) is 19.9. The number of ether oxygens (including phenoxy) is 3. The topological polar surface area (TPSA) is 183 Å². The van der Waals surface area contributed by atoms with E-state index in [2.05, 4.69) is 21.7 Å². The molecule has 0 saturated heterocycles. The van der Waals surface area contributed by atoms with Gasteiger partial charge in [-0.2, -0.15) is 0 Å². The Hall–Kier alpha value is -5.87. The first kappa shape index (κ1) is 40.3. The molecule has 0 radical (unpaired) electrons. The highest BCUT2D eigenvalue weighted by Crippen LogP contribution is 2.45. The maximum atomic E-state index is 12.9. The lowest BCUT2D eigenvalue weighted by Crippen LogP contribution is -2.40. The number of nitrogens with one attached hydrogen (secondary N) is 2. The molecule has 3 heterocycles. The number of benzene rings is 3. The number of amides is 3. The van der Waals surface area contributed by atoms with Crippen LogP contribution >= 0.6 is 11.3 Å². The molecule has 0 aliphatic heterocycles. The lowest BCUT2D eigenvalue weighted by molar-refractivity contribution is -0.129. The summed E-state index contributed by atoms with van der Waals surface area (Å²) in [6.45, 7) is 6.20. The van der Waals surface area contributed by atoms with E-state index >= 15 is 0 Å². The Morgan fingerprint density at radius 2 is 1.64 bits per heavy atom. The average molecular weight is 806 g/mol. The lowest BCUT2D eigenvalue weighted by atomic mass is 10.1. The second-order valence-corrected chi connectivity index (χ2v) is 16.1. The van der Waals surface area contributed by atoms with Crippen molar-refractivity contribution in [3.05, 3.63) is 111 Å². The highest BCUT2D eigenvalue weighted by atomic mass is 32.1. The zero-order valence-electron chi connectivity index (χ0n) is 32.9. The standard InChI is InChI=1S/C43H47N7O7S/c1-5-55-22-35-48-38-39(50(35)24-43(2,3)54)33-17-14-26(19-34(33)47-41(38)44)18-27-15-16-28(58-27)20-45-37(52)23-56-25-46-36(51)21-49(4)42(53)57-40-31-12-8-6-10-29(31)30-11-7-9-13-32(30)40/h6-17,19,40,54H,5,18,20-25H2,1-4H3,(H2,44,47)(H,45,52)(H,46,51). The molecule has 6 aromatic rings. The fourth-order valence-electron chi connectivity index (χ4n) is 7.06. The Morgan fingerprint density at radius 1 is 0.931 bits per heavy atom. The third-order valence-corrected chi connectivity index (χ3v) is 10.8. The van der Waals surface area contributed by atoms with Gasteiger partial charge in [-0.05, 0) is 55.7 Å². The number of thiophene rings is 1. The zero-order valence-corrected chi connectivity index (χ0v) is 33.7. The number of carbonyl (C=O) groups excluding carboxylic acids is 3. The number of imidazole rings is 1. The number of nitrogen functional groups attached to an aromatic ring is 1. The Labute approximate surface area is 339 Å². The van der Waals surface area contributed by atoms with E-state index in [1.54, 1.807) is 25.2 Å². The van der Waals surface area contributed by atoms with Crippen LogP contribution in [-0.4, -0.2) is 81.6 Å². The maximum Gasteiger partial charge on any atom is 0.410 e. The van der Waals surface area contributed by atoms with Gasteiger partial charge in [0.25, 0.3) is 0 Å². The first-order valence-electron chi connectivity index (χ1n) is 19.0. The second-order valence-electron chi connectivity index (χ2n) is 14.8. The van der Waals surface area contributed by atoms with Crippen molar-refractivity contribution in [2.75, 3.05) is 39.3 Å². The Kier molecular flexibility index (Phi) is 12.0. The van der Waals surface area contributed by atoms with E-state index in [1.807, 2.05) is 84.3 Å². The van der Waals surface area contributed by atoms with Crippen LogP contribution in [0.4, 0.5) is 10.6 Å². The van der Waals surface area contributed by atoms with Crippen LogP contribution in [0.5, 0.6) is 0 Å². The number of pyridine rings is 1. The number of aromatic nitrogens is 3. The summed E-state index contributed by atoms with van der Waals surface area (Å²) in [5, 5.41) is 17.0. The van der Waals surface area contributed by atoms with Crippen molar-refractivity contribution in [1.82, 2.24) is 30.1 Å². The normalized spacial score (nSPS) is 12.4. The molecule has 0 fully saturated rings. The number of nitrogens with two attached hydrogens (primary N) is 1. The van der Waals surface area contributed by atoms with Crippen LogP contribution in [0.25, 0.3) is 33.1 Å². The molecule has 0 atom stereocenters. The van der Waals surface area contributed by atoms with Gasteiger partial charge in [0.15, 0.2) is 11.9 Å². The van der Waals surface area contributed by atoms with E-state index in [-0.39, 0.29) is 25.8 Å². The Balaban J connectivity index is 0.862. The van der Waals surface area contributed by atoms with E-state index in [4.69, 9.17) is 24.9 Å². The summed E-state index contributed by atoms with van der Waals surface area (Å²) >= 11 is 1.59. The van der Waals surface area contributed by atoms with Gasteiger partial charge in [-0.15, -0.1) is 11.3 Å². The quantitative estimate of drug-likeness (QED) is 0.0703. The summed E-state index contributed by atoms with van der Waals surface area (Å²) < 4.78 is 18.9. The molecular weight excluding hydrogens is 759 g/mol. The van der Waals surface area contributed by atoms with Crippen molar-refractivity contribution < 1.29 is 33.7 Å². The Bertz CT molecular complexity index is 2430. The van der Waals surface area contributed by atoms with Crippen LogP contribution in [0.3, 0.4) is 0 Å². The van der Waals surface area contributed by atoms with Crippen LogP contribution in [-0.2, 0) is 49.9 Å². The number of hydrogen-bond acceptors (Lipinski definition) is 11. The van der Waals surface area contributed by atoms with Crippen molar-refractivity contribution in [3.8, 4) is 11.1 Å². The van der Waals surface area contributed by atoms with E-state index in [0.29, 0.717) is 49.9 Å². The molecule has 302 valence electrons. The molecule has 1 aliphatic carbocycles. The van der Waals surface area contributed by atoms with Crippen LogP contribution in [0.2, 0.25) is 0 Å². The molecule has 0 saturated carbocycles. The minimum Gasteiger partial charge on any atom is -0.436 e. The predicted molar refractivity (Wildman–Crippen MR) is 222 cm³/mol. The number of aliphatic hydroxyl groups is 1. The molecule has 58 heavy (non-hydrogen) atoms. The van der Waals surface area contributed by atoms with Crippen LogP contribution in [0.15, 0.2) is 78.9 Å². The molecule has 14 nitrogen and oxygen atoms in total. The number of fused-ring (bicyclic) bond motifs is 6. The number of nitrogens with zero attached hydrogens (tertiary/aromatic N) is 4. The van der Waals surface area contributed by atoms with E-state index in [9.17, 15) is 19.5 Å². The fraction of sp³-hybridized carbons (Fsp3) is 0.326. The summed E-state index contributed by atoms with van der Waals surface area (Å²) in [5.41, 5.74) is 12.4. The summed E-state index contributed by atoms with van der Waals surface area (Å²) in [5.74, 6) is 0.203. The smallest absolute Gasteiger partial charge is 0.410 e. The Morgan fingerprint density at radius 3 is 2.34 bits per heavy atom. The van der Waals surface area contributed by atoms with Crippen molar-refractivity contribution in [2.24, 2.45) is 0 Å². The third kappa shape index (κ3) is 9.13. The van der Waals surface area contributed by atoms with E-state index in [0.717, 1.165) is 54.0 Å². The van der Waals surface area contributed by atoms with Gasteiger partial charge in [0.1, 0.15) is 37.8 Å². The average Bonchev–Trinajstić information content (AvgIpc) is 3.89. The van der Waals surface area contributed by atoms with E-state index < -0.39 is 23.7 Å². The summed E-state index contributed by atoms with van der Waals surface area (Å²) in [6, 6.07) is 25.7. The van der Waals surface area contributed by atoms with Crippen molar-refractivity contribution in [2.45, 2.75) is 58.6 Å². The SMILES string of the molecule is CCOCc1nc2c(N)nc3cc(Cc4ccc(CNC(=O)COCNC(=O)CN(C)C(=O)OC5c6ccccc6-c6ccccc65)s4)ccc3c2n1CC(C)(C)O. The molecule has 0 unspecified atom stereocenters. The number of hydrogen-bond donors (Lipinski definition) is 4. The van der Waals surface area contributed by atoms with Crippen LogP contribution in [0, 0.1) is 0 Å². The zero-order chi connectivity index (χ0) is 41.0. The number of likely N-dealkylation sites (N-methyl/N-ethyl adjacent to an activating group) is 1. The fourth-order valence-corrected chi connectivity index (χ4v) is 8.05. The van der Waals surface area contributed by atoms with Crippen LogP contribution < -0.4 is 16.4 Å². The highest BCUT2D eigenvalue weighted by molar-refractivity contribution is 7.12. The van der Waals surface area contributed by atoms with Crippen LogP contribution in [0.1, 0.15) is 59.1 Å². The van der Waals surface area contributed by atoms with Crippen molar-refractivity contribution in [3.63, 3.8) is 0 Å². The largest absolute Gasteiger partial charge is 0.436 e. The van der Waals surface area contributed by atoms with Gasteiger partial charge in [0.05, 0.1) is 29.7 Å². The molecule has 0 bridgehead atoms. The molecule has 0 spiro atoms. The molecule has 1 aliphatic rings. The molecule has 3 aromatic heterocycles. The van der Waals surface area contributed by atoms with Gasteiger partial charge in [-0.25, -0.2) is 14.8 Å². The van der Waals surface area contributed by atoms with Gasteiger partial charge in [0.2, 0.25) is 11.8 Å². The van der Waals surface area contributed by atoms with Crippen molar-refractivity contribution in [1.29, 1.82) is 0 Å². The molecular formula is C43H47N7O7S. The minimum absolute atomic E-state index is 0.199. The van der Waals surface area contributed by atoms with Gasteiger partial charge in [-0.3, -0.25) is 9.59 Å². The van der Waals surface area contributed by atoms with E-state index in [1.165, 1.54) is 11.9 Å². The maximum absolute atomic E-state index is 12.9. The van der Waals surface area contributed by atoms with Gasteiger partial charge < -0.3 is 45.2 Å². The monoisotopic (exact) mass is 805 g/mol. The number of rotatable bonds is 16. The predicted octanol–water partition coefficient (Wildman–Crippen LogP) is 5.67.